The molecule has 0 aliphatic heterocycles. The van der Waals surface area contributed by atoms with E-state index in [1.54, 1.807) is 25.1 Å². The Morgan fingerprint density at radius 2 is 2.22 bits per heavy atom. The van der Waals surface area contributed by atoms with Gasteiger partial charge in [0.05, 0.1) is 0 Å². The Labute approximate surface area is 106 Å². The molecule has 0 aliphatic rings. The Hall–Kier alpha value is -1.79. The van der Waals surface area contributed by atoms with Gasteiger partial charge in [0.2, 0.25) is 10.0 Å². The van der Waals surface area contributed by atoms with Crippen LogP contribution in [-0.2, 0) is 10.0 Å². The van der Waals surface area contributed by atoms with E-state index in [4.69, 9.17) is 5.73 Å². The molecular weight excluding hydrogens is 250 g/mol. The van der Waals surface area contributed by atoms with Crippen molar-refractivity contribution in [3.05, 3.63) is 37.1 Å². The summed E-state index contributed by atoms with van der Waals surface area (Å²) in [5, 5.41) is 0.582. The van der Waals surface area contributed by atoms with Crippen LogP contribution in [0.1, 0.15) is 6.92 Å². The Balaban J connectivity index is 2.54. The van der Waals surface area contributed by atoms with Crippen LogP contribution in [0.2, 0.25) is 0 Å². The van der Waals surface area contributed by atoms with Crippen molar-refractivity contribution in [2.24, 2.45) is 0 Å². The molecule has 0 radical (unpaired) electrons. The lowest BCUT2D eigenvalue weighted by Gasteiger charge is -2.09. The van der Waals surface area contributed by atoms with Crippen molar-refractivity contribution in [3.8, 4) is 0 Å². The molecule has 2 rings (SSSR count). The number of sulfonamides is 1. The van der Waals surface area contributed by atoms with Crippen LogP contribution in [0.25, 0.3) is 10.9 Å². The lowest BCUT2D eigenvalue weighted by atomic mass is 10.2. The molecule has 0 saturated carbocycles. The number of benzene rings is 1. The van der Waals surface area contributed by atoms with E-state index in [0.29, 0.717) is 11.1 Å². The van der Waals surface area contributed by atoms with E-state index in [0.717, 1.165) is 5.52 Å². The first kappa shape index (κ1) is 12.7. The van der Waals surface area contributed by atoms with Gasteiger partial charge >= 0.3 is 0 Å². The molecule has 0 fully saturated rings. The number of fused-ring (bicyclic) bond motifs is 1. The minimum atomic E-state index is -3.58. The van der Waals surface area contributed by atoms with E-state index in [2.05, 4.69) is 16.3 Å². The zero-order valence-electron chi connectivity index (χ0n) is 9.97. The second kappa shape index (κ2) is 4.47. The molecule has 4 N–H and O–H groups in total. The highest BCUT2D eigenvalue weighted by Crippen LogP contribution is 2.24. The minimum Gasteiger partial charge on any atom is -0.399 e. The lowest BCUT2D eigenvalue weighted by molar-refractivity contribution is 0.577. The van der Waals surface area contributed by atoms with Gasteiger partial charge in [-0.1, -0.05) is 6.08 Å². The Bertz CT molecular complexity index is 688. The quantitative estimate of drug-likeness (QED) is 0.579. The van der Waals surface area contributed by atoms with Gasteiger partial charge in [-0.05, 0) is 25.1 Å². The lowest BCUT2D eigenvalue weighted by Crippen LogP contribution is -2.30. The van der Waals surface area contributed by atoms with Gasteiger partial charge in [-0.2, -0.15) is 0 Å². The van der Waals surface area contributed by atoms with E-state index >= 15 is 0 Å². The van der Waals surface area contributed by atoms with Crippen LogP contribution in [0.5, 0.6) is 0 Å². The molecule has 0 amide bonds. The van der Waals surface area contributed by atoms with Crippen molar-refractivity contribution in [2.75, 3.05) is 5.73 Å². The van der Waals surface area contributed by atoms with Gasteiger partial charge < -0.3 is 10.7 Å². The fraction of sp³-hybridized carbons (Fsp3) is 0.167. The molecule has 1 unspecified atom stereocenters. The maximum Gasteiger partial charge on any atom is 0.243 e. The predicted octanol–water partition coefficient (Wildman–Crippen LogP) is 1.60. The van der Waals surface area contributed by atoms with Crippen molar-refractivity contribution < 1.29 is 8.42 Å². The van der Waals surface area contributed by atoms with Gasteiger partial charge in [0.25, 0.3) is 0 Å². The van der Waals surface area contributed by atoms with Crippen molar-refractivity contribution in [3.63, 3.8) is 0 Å². The fourth-order valence-electron chi connectivity index (χ4n) is 1.69. The topological polar surface area (TPSA) is 88.0 Å². The van der Waals surface area contributed by atoms with E-state index in [-0.39, 0.29) is 10.9 Å². The number of hydrogen-bond donors (Lipinski definition) is 3. The molecule has 18 heavy (non-hydrogen) atoms. The Morgan fingerprint density at radius 3 is 2.89 bits per heavy atom. The third-order valence-electron chi connectivity index (χ3n) is 2.65. The first-order valence-electron chi connectivity index (χ1n) is 5.45. The zero-order valence-corrected chi connectivity index (χ0v) is 10.8. The molecule has 6 heteroatoms. The van der Waals surface area contributed by atoms with E-state index < -0.39 is 10.0 Å². The summed E-state index contributed by atoms with van der Waals surface area (Å²) in [7, 11) is -3.58. The third kappa shape index (κ3) is 2.25. The van der Waals surface area contributed by atoms with Crippen LogP contribution in [-0.4, -0.2) is 19.4 Å². The van der Waals surface area contributed by atoms with E-state index in [9.17, 15) is 8.42 Å². The summed E-state index contributed by atoms with van der Waals surface area (Å²) in [6.45, 7) is 5.26. The zero-order chi connectivity index (χ0) is 13.3. The molecule has 0 saturated heterocycles. The van der Waals surface area contributed by atoms with Gasteiger partial charge in [0.15, 0.2) is 0 Å². The van der Waals surface area contributed by atoms with Crippen molar-refractivity contribution in [1.82, 2.24) is 9.71 Å². The van der Waals surface area contributed by atoms with Crippen LogP contribution >= 0.6 is 0 Å². The highest BCUT2D eigenvalue weighted by Gasteiger charge is 2.20. The number of nitrogens with one attached hydrogen (secondary N) is 2. The number of nitrogen functional groups attached to an aromatic ring is 1. The highest BCUT2D eigenvalue weighted by atomic mass is 32.2. The summed E-state index contributed by atoms with van der Waals surface area (Å²) in [5.74, 6) is 0. The van der Waals surface area contributed by atoms with Crippen molar-refractivity contribution >= 4 is 26.6 Å². The third-order valence-corrected chi connectivity index (χ3v) is 4.25. The number of aromatic amines is 1. The van der Waals surface area contributed by atoms with Crippen LogP contribution in [0, 0.1) is 0 Å². The molecule has 2 aromatic rings. The summed E-state index contributed by atoms with van der Waals surface area (Å²) in [6.07, 6.45) is 2.99. The van der Waals surface area contributed by atoms with Gasteiger partial charge in [-0.25, -0.2) is 13.1 Å². The van der Waals surface area contributed by atoms with Gasteiger partial charge in [0, 0.05) is 28.8 Å². The predicted molar refractivity (Wildman–Crippen MR) is 72.7 cm³/mol. The molecule has 96 valence electrons. The highest BCUT2D eigenvalue weighted by molar-refractivity contribution is 7.89. The number of anilines is 1. The summed E-state index contributed by atoms with van der Waals surface area (Å²) in [6, 6.07) is 4.77. The molecule has 1 atom stereocenters. The van der Waals surface area contributed by atoms with E-state index in [1.165, 1.54) is 12.3 Å². The van der Waals surface area contributed by atoms with E-state index in [1.807, 2.05) is 0 Å². The van der Waals surface area contributed by atoms with Crippen LogP contribution in [0.4, 0.5) is 5.69 Å². The first-order valence-corrected chi connectivity index (χ1v) is 6.94. The Morgan fingerprint density at radius 1 is 1.50 bits per heavy atom. The number of hydrogen-bond acceptors (Lipinski definition) is 3. The monoisotopic (exact) mass is 265 g/mol. The number of nitrogens with two attached hydrogens (primary N) is 1. The molecule has 1 aromatic heterocycles. The SMILES string of the molecule is C=CC(C)NS(=O)(=O)c1c[nH]c2ccc(N)cc12. The fourth-order valence-corrected chi connectivity index (χ4v) is 3.08. The second-order valence-corrected chi connectivity index (χ2v) is 5.79. The normalized spacial score (nSPS) is 13.6. The molecule has 0 aliphatic carbocycles. The van der Waals surface area contributed by atoms with Gasteiger partial charge in [0.1, 0.15) is 4.90 Å². The first-order chi connectivity index (χ1) is 8.44. The average Bonchev–Trinajstić information content (AvgIpc) is 2.71. The van der Waals surface area contributed by atoms with Crippen molar-refractivity contribution in [2.45, 2.75) is 17.9 Å². The van der Waals surface area contributed by atoms with Gasteiger partial charge in [-0.3, -0.25) is 0 Å². The molecule has 5 nitrogen and oxygen atoms in total. The van der Waals surface area contributed by atoms with Crippen LogP contribution in [0.3, 0.4) is 0 Å². The Kier molecular flexibility index (Phi) is 3.14. The summed E-state index contributed by atoms with van der Waals surface area (Å²) < 4.78 is 26.8. The minimum absolute atomic E-state index is 0.193. The number of H-pyrrole nitrogens is 1. The maximum atomic E-state index is 12.2. The number of aromatic nitrogens is 1. The summed E-state index contributed by atoms with van der Waals surface area (Å²) in [5.41, 5.74) is 6.93. The average molecular weight is 265 g/mol. The largest absolute Gasteiger partial charge is 0.399 e. The number of rotatable bonds is 4. The smallest absolute Gasteiger partial charge is 0.243 e. The summed E-state index contributed by atoms with van der Waals surface area (Å²) >= 11 is 0. The van der Waals surface area contributed by atoms with Crippen LogP contribution < -0.4 is 10.5 Å². The maximum absolute atomic E-state index is 12.2. The molecule has 0 spiro atoms. The van der Waals surface area contributed by atoms with Crippen molar-refractivity contribution in [1.29, 1.82) is 0 Å². The molecule has 0 bridgehead atoms. The van der Waals surface area contributed by atoms with Gasteiger partial charge in [-0.15, -0.1) is 6.58 Å². The molecule has 1 heterocycles. The molecular formula is C12H15N3O2S. The second-order valence-electron chi connectivity index (χ2n) is 4.10. The molecule has 1 aromatic carbocycles. The summed E-state index contributed by atoms with van der Waals surface area (Å²) in [4.78, 5) is 3.11. The van der Waals surface area contributed by atoms with Crippen LogP contribution in [0.15, 0.2) is 41.9 Å². The standard InChI is InChI=1S/C12H15N3O2S/c1-3-8(2)15-18(16,17)12-7-14-11-5-4-9(13)6-10(11)12/h3-8,14-15H,1,13H2,2H3.